The van der Waals surface area contributed by atoms with Gasteiger partial charge in [0, 0.05) is 30.7 Å². The summed E-state index contributed by atoms with van der Waals surface area (Å²) in [6.45, 7) is 3.97. The minimum absolute atomic E-state index is 0.140. The van der Waals surface area contributed by atoms with Crippen molar-refractivity contribution in [3.05, 3.63) is 33.4 Å². The first-order valence-electron chi connectivity index (χ1n) is 7.81. The molecular formula is C15H21N3O4S. The maximum atomic E-state index is 13.1. The highest BCUT2D eigenvalue weighted by atomic mass is 32.2. The van der Waals surface area contributed by atoms with Crippen molar-refractivity contribution in [1.82, 2.24) is 9.62 Å². The maximum absolute atomic E-state index is 13.1. The zero-order valence-electron chi connectivity index (χ0n) is 13.3. The molecule has 0 aromatic heterocycles. The van der Waals surface area contributed by atoms with Gasteiger partial charge in [-0.05, 0) is 38.7 Å². The van der Waals surface area contributed by atoms with Crippen molar-refractivity contribution in [2.45, 2.75) is 50.1 Å². The Morgan fingerprint density at radius 1 is 1.17 bits per heavy atom. The molecule has 0 amide bonds. The molecule has 1 N–H and O–H groups in total. The van der Waals surface area contributed by atoms with E-state index in [1.807, 2.05) is 0 Å². The van der Waals surface area contributed by atoms with Crippen LogP contribution in [0, 0.1) is 24.0 Å². The number of nitrogens with zero attached hydrogens (tertiary/aromatic N) is 2. The lowest BCUT2D eigenvalue weighted by atomic mass is 10.1. The summed E-state index contributed by atoms with van der Waals surface area (Å²) >= 11 is 0. The van der Waals surface area contributed by atoms with Crippen LogP contribution in [0.15, 0.2) is 17.0 Å². The smallest absolute Gasteiger partial charge is 0.292 e. The van der Waals surface area contributed by atoms with Crippen LogP contribution < -0.4 is 5.32 Å². The van der Waals surface area contributed by atoms with E-state index in [0.717, 1.165) is 19.3 Å². The van der Waals surface area contributed by atoms with Gasteiger partial charge in [-0.1, -0.05) is 12.1 Å². The molecule has 2 atom stereocenters. The van der Waals surface area contributed by atoms with Crippen molar-refractivity contribution in [2.24, 2.45) is 0 Å². The quantitative estimate of drug-likeness (QED) is 0.669. The molecule has 3 rings (SSSR count). The van der Waals surface area contributed by atoms with E-state index in [-0.39, 0.29) is 16.6 Å². The SMILES string of the molecule is Cc1ccc(C)c(S(=O)(=O)N2CCC3CCC(C2)N3)c1[N+](=O)[O-]. The fourth-order valence-electron chi connectivity index (χ4n) is 3.58. The Labute approximate surface area is 135 Å². The Bertz CT molecular complexity index is 747. The molecule has 7 nitrogen and oxygen atoms in total. The number of nitro groups is 1. The van der Waals surface area contributed by atoms with Gasteiger partial charge in [0.2, 0.25) is 10.0 Å². The number of sulfonamides is 1. The summed E-state index contributed by atoms with van der Waals surface area (Å²) in [6.07, 6.45) is 2.77. The average molecular weight is 339 g/mol. The molecule has 0 aliphatic carbocycles. The molecule has 2 saturated heterocycles. The van der Waals surface area contributed by atoms with Gasteiger partial charge in [0.15, 0.2) is 4.90 Å². The van der Waals surface area contributed by atoms with E-state index in [4.69, 9.17) is 0 Å². The Balaban J connectivity index is 2.06. The topological polar surface area (TPSA) is 92.6 Å². The van der Waals surface area contributed by atoms with Gasteiger partial charge >= 0.3 is 0 Å². The number of nitrogens with one attached hydrogen (secondary N) is 1. The first-order valence-corrected chi connectivity index (χ1v) is 9.25. The molecule has 1 aromatic rings. The van der Waals surface area contributed by atoms with Gasteiger partial charge in [0.05, 0.1) is 4.92 Å². The van der Waals surface area contributed by atoms with E-state index in [2.05, 4.69) is 5.32 Å². The van der Waals surface area contributed by atoms with E-state index in [1.165, 1.54) is 4.31 Å². The van der Waals surface area contributed by atoms with Crippen LogP contribution in [-0.2, 0) is 10.0 Å². The van der Waals surface area contributed by atoms with Crippen LogP contribution in [0.5, 0.6) is 0 Å². The molecular weight excluding hydrogens is 318 g/mol. The summed E-state index contributed by atoms with van der Waals surface area (Å²) in [5, 5.41) is 14.9. The predicted molar refractivity (Wildman–Crippen MR) is 85.9 cm³/mol. The van der Waals surface area contributed by atoms with Gasteiger partial charge in [-0.3, -0.25) is 10.1 Å². The molecule has 2 aliphatic rings. The summed E-state index contributed by atoms with van der Waals surface area (Å²) in [6, 6.07) is 3.73. The van der Waals surface area contributed by atoms with E-state index < -0.39 is 14.9 Å². The second-order valence-electron chi connectivity index (χ2n) is 6.42. The zero-order chi connectivity index (χ0) is 16.8. The second-order valence-corrected chi connectivity index (χ2v) is 8.30. The summed E-state index contributed by atoms with van der Waals surface area (Å²) in [7, 11) is -3.88. The lowest BCUT2D eigenvalue weighted by Gasteiger charge is -2.24. The molecule has 0 spiro atoms. The Hall–Kier alpha value is -1.51. The lowest BCUT2D eigenvalue weighted by Crippen LogP contribution is -2.39. The summed E-state index contributed by atoms with van der Waals surface area (Å²) in [4.78, 5) is 10.7. The fourth-order valence-corrected chi connectivity index (χ4v) is 5.52. The number of rotatable bonds is 3. The molecule has 23 heavy (non-hydrogen) atoms. The third-order valence-electron chi connectivity index (χ3n) is 4.80. The molecule has 2 fully saturated rings. The third kappa shape index (κ3) is 2.86. The first-order chi connectivity index (χ1) is 10.8. The van der Waals surface area contributed by atoms with Crippen LogP contribution in [0.3, 0.4) is 0 Å². The van der Waals surface area contributed by atoms with Gasteiger partial charge in [-0.25, -0.2) is 8.42 Å². The molecule has 2 bridgehead atoms. The number of hydrogen-bond donors (Lipinski definition) is 1. The molecule has 126 valence electrons. The van der Waals surface area contributed by atoms with Gasteiger partial charge in [-0.2, -0.15) is 4.31 Å². The molecule has 2 unspecified atom stereocenters. The largest absolute Gasteiger partial charge is 0.310 e. The minimum atomic E-state index is -3.88. The number of fused-ring (bicyclic) bond motifs is 2. The Kier molecular flexibility index (Phi) is 4.16. The van der Waals surface area contributed by atoms with Crippen LogP contribution >= 0.6 is 0 Å². The molecule has 8 heteroatoms. The highest BCUT2D eigenvalue weighted by Gasteiger charge is 2.39. The van der Waals surface area contributed by atoms with E-state index >= 15 is 0 Å². The minimum Gasteiger partial charge on any atom is -0.310 e. The zero-order valence-corrected chi connectivity index (χ0v) is 14.1. The highest BCUT2D eigenvalue weighted by Crippen LogP contribution is 2.34. The Morgan fingerprint density at radius 2 is 1.83 bits per heavy atom. The first kappa shape index (κ1) is 16.4. The van der Waals surface area contributed by atoms with E-state index in [9.17, 15) is 18.5 Å². The monoisotopic (exact) mass is 339 g/mol. The standard InChI is InChI=1S/C15H21N3O4S/c1-10-3-4-11(2)15(14(10)18(19)20)23(21,22)17-8-7-12-5-6-13(9-17)16-12/h3-4,12-13,16H,5-9H2,1-2H3. The maximum Gasteiger partial charge on any atom is 0.292 e. The van der Waals surface area contributed by atoms with Crippen molar-refractivity contribution in [3.63, 3.8) is 0 Å². The number of aryl methyl sites for hydroxylation is 2. The van der Waals surface area contributed by atoms with Crippen LogP contribution in [-0.4, -0.2) is 42.8 Å². The summed E-state index contributed by atoms with van der Waals surface area (Å²) < 4.78 is 27.6. The van der Waals surface area contributed by atoms with E-state index in [0.29, 0.717) is 30.3 Å². The molecule has 2 heterocycles. The number of nitro benzene ring substituents is 1. The molecule has 2 aliphatic heterocycles. The van der Waals surface area contributed by atoms with E-state index in [1.54, 1.807) is 26.0 Å². The lowest BCUT2D eigenvalue weighted by molar-refractivity contribution is -0.388. The fraction of sp³-hybridized carbons (Fsp3) is 0.600. The predicted octanol–water partition coefficient (Wildman–Crippen LogP) is 1.73. The van der Waals surface area contributed by atoms with Crippen LogP contribution in [0.25, 0.3) is 0 Å². The molecule has 1 aromatic carbocycles. The van der Waals surface area contributed by atoms with Crippen LogP contribution in [0.2, 0.25) is 0 Å². The van der Waals surface area contributed by atoms with Crippen molar-refractivity contribution in [3.8, 4) is 0 Å². The second kappa shape index (κ2) is 5.85. The van der Waals surface area contributed by atoms with Crippen LogP contribution in [0.1, 0.15) is 30.4 Å². The highest BCUT2D eigenvalue weighted by molar-refractivity contribution is 7.89. The van der Waals surface area contributed by atoms with Crippen molar-refractivity contribution >= 4 is 15.7 Å². The summed E-state index contributed by atoms with van der Waals surface area (Å²) in [5.74, 6) is 0. The summed E-state index contributed by atoms with van der Waals surface area (Å²) in [5.41, 5.74) is 0.491. The van der Waals surface area contributed by atoms with Gasteiger partial charge in [-0.15, -0.1) is 0 Å². The van der Waals surface area contributed by atoms with Crippen molar-refractivity contribution in [2.75, 3.05) is 13.1 Å². The normalized spacial score (nSPS) is 25.3. The van der Waals surface area contributed by atoms with Gasteiger partial charge in [0.25, 0.3) is 5.69 Å². The number of benzene rings is 1. The van der Waals surface area contributed by atoms with Crippen molar-refractivity contribution in [1.29, 1.82) is 0 Å². The van der Waals surface area contributed by atoms with Crippen molar-refractivity contribution < 1.29 is 13.3 Å². The third-order valence-corrected chi connectivity index (χ3v) is 6.84. The molecule has 0 saturated carbocycles. The van der Waals surface area contributed by atoms with Gasteiger partial charge < -0.3 is 5.32 Å². The van der Waals surface area contributed by atoms with Gasteiger partial charge in [0.1, 0.15) is 0 Å². The molecule has 0 radical (unpaired) electrons. The average Bonchev–Trinajstić information content (AvgIpc) is 2.79. The van der Waals surface area contributed by atoms with Crippen LogP contribution in [0.4, 0.5) is 5.69 Å². The number of hydrogen-bond acceptors (Lipinski definition) is 5. The Morgan fingerprint density at radius 3 is 2.52 bits per heavy atom.